The molecule has 2 heterocycles. The van der Waals surface area contributed by atoms with Crippen molar-refractivity contribution in [1.29, 1.82) is 0 Å². The maximum Gasteiger partial charge on any atom is 0.195 e. The maximum atomic E-state index is 13.3. The van der Waals surface area contributed by atoms with E-state index in [1.165, 1.54) is 0 Å². The van der Waals surface area contributed by atoms with Crippen LogP contribution in [0.5, 0.6) is 0 Å². The minimum absolute atomic E-state index is 0.0428. The average molecular weight is 347 g/mol. The van der Waals surface area contributed by atoms with Crippen molar-refractivity contribution < 1.29 is 4.79 Å². The summed E-state index contributed by atoms with van der Waals surface area (Å²) in [5, 5.41) is 1.15. The largest absolute Gasteiger partial charge is 0.315 e. The predicted molar refractivity (Wildman–Crippen MR) is 110 cm³/mol. The summed E-state index contributed by atoms with van der Waals surface area (Å²) in [5.41, 5.74) is 5.71. The number of hydrogen-bond donors (Lipinski definition) is 0. The molecule has 27 heavy (non-hydrogen) atoms. The molecule has 5 aromatic rings. The Kier molecular flexibility index (Phi) is 3.61. The zero-order valence-electron chi connectivity index (χ0n) is 14.7. The fraction of sp³-hybridized carbons (Fsp3) is 0. The van der Waals surface area contributed by atoms with E-state index in [4.69, 9.17) is 0 Å². The van der Waals surface area contributed by atoms with Crippen molar-refractivity contribution in [2.24, 2.45) is 0 Å². The van der Waals surface area contributed by atoms with Crippen LogP contribution >= 0.6 is 0 Å². The van der Waals surface area contributed by atoms with Crippen molar-refractivity contribution in [3.05, 3.63) is 114 Å². The number of nitrogens with zero attached hydrogens (tertiary/aromatic N) is 1. The van der Waals surface area contributed by atoms with Gasteiger partial charge in [0.05, 0.1) is 11.0 Å². The van der Waals surface area contributed by atoms with Crippen molar-refractivity contribution >= 4 is 22.2 Å². The first-order valence-corrected chi connectivity index (χ1v) is 9.01. The zero-order valence-corrected chi connectivity index (χ0v) is 14.7. The minimum atomic E-state index is 0.0428. The molecule has 0 aliphatic rings. The highest BCUT2D eigenvalue weighted by molar-refractivity contribution is 6.18. The van der Waals surface area contributed by atoms with Gasteiger partial charge in [-0.05, 0) is 23.8 Å². The Balaban J connectivity index is 1.90. The molecule has 0 saturated carbocycles. The van der Waals surface area contributed by atoms with E-state index in [1.807, 2.05) is 79.0 Å². The number of ketones is 1. The third-order valence-electron chi connectivity index (χ3n) is 5.01. The summed E-state index contributed by atoms with van der Waals surface area (Å²) in [6.07, 6.45) is 2.03. The first kappa shape index (κ1) is 15.6. The van der Waals surface area contributed by atoms with Crippen LogP contribution in [0.15, 0.2) is 103 Å². The molecule has 0 N–H and O–H groups in total. The number of pyridine rings is 1. The number of carbonyl (C=O) groups is 1. The van der Waals surface area contributed by atoms with Crippen molar-refractivity contribution in [2.45, 2.75) is 0 Å². The number of benzene rings is 3. The van der Waals surface area contributed by atoms with E-state index >= 15 is 0 Å². The van der Waals surface area contributed by atoms with Gasteiger partial charge in [-0.15, -0.1) is 0 Å². The van der Waals surface area contributed by atoms with Crippen LogP contribution in [0, 0.1) is 0 Å². The summed E-state index contributed by atoms with van der Waals surface area (Å²) in [5.74, 6) is 0.0428. The Morgan fingerprint density at radius 2 is 1.33 bits per heavy atom. The molecule has 2 nitrogen and oxygen atoms in total. The summed E-state index contributed by atoms with van der Waals surface area (Å²) in [6, 6.07) is 32.0. The Bertz CT molecular complexity index is 1270. The van der Waals surface area contributed by atoms with E-state index in [9.17, 15) is 4.79 Å². The molecule has 0 aliphatic carbocycles. The highest BCUT2D eigenvalue weighted by Crippen LogP contribution is 2.37. The summed E-state index contributed by atoms with van der Waals surface area (Å²) in [4.78, 5) is 13.3. The number of para-hydroxylation sites is 1. The van der Waals surface area contributed by atoms with Gasteiger partial charge >= 0.3 is 0 Å². The van der Waals surface area contributed by atoms with Gasteiger partial charge in [0.2, 0.25) is 0 Å². The first-order valence-electron chi connectivity index (χ1n) is 9.01. The van der Waals surface area contributed by atoms with E-state index in [0.717, 1.165) is 33.1 Å². The van der Waals surface area contributed by atoms with Gasteiger partial charge in [-0.3, -0.25) is 4.79 Å². The molecule has 0 spiro atoms. The summed E-state index contributed by atoms with van der Waals surface area (Å²) in [7, 11) is 0. The predicted octanol–water partition coefficient (Wildman–Crippen LogP) is 5.99. The number of carbonyl (C=O) groups excluding carboxylic acids is 1. The van der Waals surface area contributed by atoms with Gasteiger partial charge in [0.25, 0.3) is 0 Å². The van der Waals surface area contributed by atoms with E-state index in [2.05, 4.69) is 28.7 Å². The summed E-state index contributed by atoms with van der Waals surface area (Å²) < 4.78 is 2.13. The molecule has 128 valence electrons. The second kappa shape index (κ2) is 6.26. The molecule has 2 aromatic heterocycles. The van der Waals surface area contributed by atoms with E-state index < -0.39 is 0 Å². The van der Waals surface area contributed by atoms with Crippen molar-refractivity contribution in [2.75, 3.05) is 0 Å². The van der Waals surface area contributed by atoms with Crippen LogP contribution in [0.1, 0.15) is 15.9 Å². The molecule has 2 heteroatoms. The second-order valence-electron chi connectivity index (χ2n) is 6.59. The number of aromatic nitrogens is 1. The van der Waals surface area contributed by atoms with Crippen LogP contribution in [0.25, 0.3) is 27.5 Å². The van der Waals surface area contributed by atoms with Crippen molar-refractivity contribution in [3.63, 3.8) is 0 Å². The maximum absolute atomic E-state index is 13.3. The second-order valence-corrected chi connectivity index (χ2v) is 6.59. The molecule has 0 bridgehead atoms. The van der Waals surface area contributed by atoms with Crippen LogP contribution < -0.4 is 0 Å². The Hall–Kier alpha value is -3.65. The van der Waals surface area contributed by atoms with Gasteiger partial charge in [0.1, 0.15) is 0 Å². The third kappa shape index (κ3) is 2.46. The van der Waals surface area contributed by atoms with Crippen LogP contribution in [-0.2, 0) is 0 Å². The highest BCUT2D eigenvalue weighted by Gasteiger charge is 2.20. The Morgan fingerprint density at radius 3 is 2.11 bits per heavy atom. The molecule has 0 saturated heterocycles. The first-order chi connectivity index (χ1) is 13.3. The molecule has 0 radical (unpaired) electrons. The van der Waals surface area contributed by atoms with Gasteiger partial charge in [-0.2, -0.15) is 0 Å². The fourth-order valence-electron chi connectivity index (χ4n) is 3.81. The molecule has 0 amide bonds. The van der Waals surface area contributed by atoms with Crippen LogP contribution in [-0.4, -0.2) is 10.2 Å². The lowest BCUT2D eigenvalue weighted by Crippen LogP contribution is -2.03. The molecular weight excluding hydrogens is 330 g/mol. The standard InChI is InChI=1S/C25H17NO/c27-25(19-12-5-2-6-13-19)21-15-9-17-26-22-16-8-7-14-20(22)23(24(21)26)18-10-3-1-4-11-18/h1-17H. The van der Waals surface area contributed by atoms with Crippen molar-refractivity contribution in [3.8, 4) is 11.1 Å². The molecule has 5 rings (SSSR count). The zero-order chi connectivity index (χ0) is 18.2. The number of rotatable bonds is 3. The van der Waals surface area contributed by atoms with Gasteiger partial charge in [-0.25, -0.2) is 0 Å². The van der Waals surface area contributed by atoms with Crippen LogP contribution in [0.3, 0.4) is 0 Å². The SMILES string of the molecule is O=C(c1ccccc1)c1cccn2c1c(-c1ccccc1)c1ccccc12. The van der Waals surface area contributed by atoms with Gasteiger partial charge < -0.3 is 4.40 Å². The van der Waals surface area contributed by atoms with Crippen molar-refractivity contribution in [1.82, 2.24) is 4.40 Å². The molecule has 0 aliphatic heterocycles. The van der Waals surface area contributed by atoms with Crippen LogP contribution in [0.2, 0.25) is 0 Å². The highest BCUT2D eigenvalue weighted by atomic mass is 16.1. The van der Waals surface area contributed by atoms with Crippen LogP contribution in [0.4, 0.5) is 0 Å². The smallest absolute Gasteiger partial charge is 0.195 e. The number of hydrogen-bond acceptors (Lipinski definition) is 1. The normalized spacial score (nSPS) is 11.1. The number of fused-ring (bicyclic) bond motifs is 3. The molecule has 3 aromatic carbocycles. The van der Waals surface area contributed by atoms with Gasteiger partial charge in [0, 0.05) is 28.3 Å². The molecule has 0 fully saturated rings. The minimum Gasteiger partial charge on any atom is -0.315 e. The van der Waals surface area contributed by atoms with Gasteiger partial charge in [-0.1, -0.05) is 78.9 Å². The third-order valence-corrected chi connectivity index (χ3v) is 5.01. The van der Waals surface area contributed by atoms with E-state index in [0.29, 0.717) is 5.56 Å². The average Bonchev–Trinajstić information content (AvgIpc) is 3.09. The quantitative estimate of drug-likeness (QED) is 0.367. The summed E-state index contributed by atoms with van der Waals surface area (Å²) >= 11 is 0. The topological polar surface area (TPSA) is 21.5 Å². The molecular formula is C25H17NO. The van der Waals surface area contributed by atoms with Gasteiger partial charge in [0.15, 0.2) is 5.78 Å². The summed E-state index contributed by atoms with van der Waals surface area (Å²) in [6.45, 7) is 0. The Morgan fingerprint density at radius 1 is 0.667 bits per heavy atom. The molecule has 0 unspecified atom stereocenters. The monoisotopic (exact) mass is 347 g/mol. The Labute approximate surface area is 157 Å². The lowest BCUT2D eigenvalue weighted by atomic mass is 9.97. The molecule has 0 atom stereocenters. The lowest BCUT2D eigenvalue weighted by Gasteiger charge is -2.08. The lowest BCUT2D eigenvalue weighted by molar-refractivity contribution is 0.104. The fourth-order valence-corrected chi connectivity index (χ4v) is 3.81. The van der Waals surface area contributed by atoms with E-state index in [1.54, 1.807) is 0 Å². The van der Waals surface area contributed by atoms with E-state index in [-0.39, 0.29) is 5.78 Å².